The van der Waals surface area contributed by atoms with Crippen molar-refractivity contribution in [2.24, 2.45) is 5.92 Å². The van der Waals surface area contributed by atoms with Crippen LogP contribution in [-0.2, 0) is 4.79 Å². The number of carbonyl (C=O) groups is 1. The number of carbonyl (C=O) groups excluding carboxylic acids is 1. The minimum absolute atomic E-state index is 0.0570. The van der Waals surface area contributed by atoms with Crippen molar-refractivity contribution in [1.29, 1.82) is 0 Å². The van der Waals surface area contributed by atoms with Crippen LogP contribution in [-0.4, -0.2) is 30.3 Å². The summed E-state index contributed by atoms with van der Waals surface area (Å²) in [6, 6.07) is 8.19. The summed E-state index contributed by atoms with van der Waals surface area (Å²) in [5.74, 6) is 0.258. The van der Waals surface area contributed by atoms with Gasteiger partial charge in [0.1, 0.15) is 0 Å². The van der Waals surface area contributed by atoms with Crippen molar-refractivity contribution in [3.8, 4) is 0 Å². The first-order chi connectivity index (χ1) is 9.06. The summed E-state index contributed by atoms with van der Waals surface area (Å²) in [7, 11) is 0. The molecule has 19 heavy (non-hydrogen) atoms. The second-order valence-electron chi connectivity index (χ2n) is 5.03. The third-order valence-electron chi connectivity index (χ3n) is 3.43. The Morgan fingerprint density at radius 1 is 1.21 bits per heavy atom. The highest BCUT2D eigenvalue weighted by Gasteiger charge is 2.12. The second kappa shape index (κ2) is 7.90. The summed E-state index contributed by atoms with van der Waals surface area (Å²) in [6.07, 6.45) is 3.61. The summed E-state index contributed by atoms with van der Waals surface area (Å²) in [4.78, 5) is 14.3. The second-order valence-corrected chi connectivity index (χ2v) is 5.03. The first kappa shape index (κ1) is 15.6. The number of rotatable bonds is 7. The van der Waals surface area contributed by atoms with Gasteiger partial charge >= 0.3 is 0 Å². The molecule has 1 atom stereocenters. The quantitative estimate of drug-likeness (QED) is 0.698. The number of allylic oxidation sites excluding steroid dienone is 1. The Morgan fingerprint density at radius 3 is 2.32 bits per heavy atom. The third-order valence-corrected chi connectivity index (χ3v) is 3.43. The van der Waals surface area contributed by atoms with Gasteiger partial charge < -0.3 is 4.90 Å². The molecule has 2 nitrogen and oxygen atoms in total. The number of benzene rings is 1. The molecular weight excluding hydrogens is 234 g/mol. The minimum atomic E-state index is 0.0570. The molecule has 2 heteroatoms. The summed E-state index contributed by atoms with van der Waals surface area (Å²) in [6.45, 7) is 11.1. The highest BCUT2D eigenvalue weighted by atomic mass is 16.1. The van der Waals surface area contributed by atoms with E-state index < -0.39 is 0 Å². The fourth-order valence-corrected chi connectivity index (χ4v) is 1.98. The van der Waals surface area contributed by atoms with Crippen LogP contribution in [0.2, 0.25) is 0 Å². The van der Waals surface area contributed by atoms with Gasteiger partial charge in [-0.25, -0.2) is 0 Å². The lowest BCUT2D eigenvalue weighted by Crippen LogP contribution is -2.31. The number of hydrogen-bond acceptors (Lipinski definition) is 2. The van der Waals surface area contributed by atoms with Crippen LogP contribution in [0.3, 0.4) is 0 Å². The van der Waals surface area contributed by atoms with Crippen LogP contribution in [0.1, 0.15) is 31.9 Å². The van der Waals surface area contributed by atoms with Crippen LogP contribution >= 0.6 is 0 Å². The van der Waals surface area contributed by atoms with E-state index in [4.69, 9.17) is 0 Å². The monoisotopic (exact) mass is 259 g/mol. The molecule has 1 rings (SSSR count). The molecule has 1 aromatic carbocycles. The van der Waals surface area contributed by atoms with E-state index in [9.17, 15) is 4.79 Å². The highest BCUT2D eigenvalue weighted by Crippen LogP contribution is 2.07. The van der Waals surface area contributed by atoms with Gasteiger partial charge in [-0.05, 0) is 31.7 Å². The molecule has 0 heterocycles. The molecule has 0 amide bonds. The third kappa shape index (κ3) is 5.39. The fraction of sp³-hybridized carbons (Fsp3) is 0.471. The number of nitrogens with zero attached hydrogens (tertiary/aromatic N) is 1. The molecule has 0 radical (unpaired) electrons. The molecule has 104 valence electrons. The smallest absolute Gasteiger partial charge is 0.159 e. The number of hydrogen-bond donors (Lipinski definition) is 0. The zero-order valence-corrected chi connectivity index (χ0v) is 12.5. The molecule has 0 N–H and O–H groups in total. The van der Waals surface area contributed by atoms with Gasteiger partial charge in [-0.3, -0.25) is 4.79 Å². The van der Waals surface area contributed by atoms with E-state index in [2.05, 4.69) is 37.8 Å². The lowest BCUT2D eigenvalue weighted by Gasteiger charge is -2.20. The lowest BCUT2D eigenvalue weighted by atomic mass is 10.0. The molecule has 0 aliphatic heterocycles. The zero-order valence-electron chi connectivity index (χ0n) is 12.5. The maximum Gasteiger partial charge on any atom is 0.159 e. The number of ketones is 1. The Hall–Kier alpha value is -1.41. The summed E-state index contributed by atoms with van der Waals surface area (Å²) in [5, 5.41) is 0. The van der Waals surface area contributed by atoms with Gasteiger partial charge in [0.25, 0.3) is 0 Å². The SMILES string of the molecule is CCN(CC)C[C@@H](C)C(=O)/C=C\c1ccc(C)cc1. The molecule has 0 bridgehead atoms. The summed E-state index contributed by atoms with van der Waals surface area (Å²) in [5.41, 5.74) is 2.31. The average molecular weight is 259 g/mol. The van der Waals surface area contributed by atoms with E-state index in [1.807, 2.05) is 25.1 Å². The van der Waals surface area contributed by atoms with Crippen LogP contribution in [0.25, 0.3) is 6.08 Å². The molecule has 0 saturated heterocycles. The van der Waals surface area contributed by atoms with Gasteiger partial charge in [0, 0.05) is 12.5 Å². The molecule has 0 spiro atoms. The van der Waals surface area contributed by atoms with Gasteiger partial charge in [0.2, 0.25) is 0 Å². The first-order valence-corrected chi connectivity index (χ1v) is 7.07. The van der Waals surface area contributed by atoms with Crippen LogP contribution in [0.15, 0.2) is 30.3 Å². The highest BCUT2D eigenvalue weighted by molar-refractivity contribution is 5.95. The topological polar surface area (TPSA) is 20.3 Å². The molecule has 0 saturated carbocycles. The van der Waals surface area contributed by atoms with Gasteiger partial charge in [-0.15, -0.1) is 0 Å². The Bertz CT molecular complexity index is 415. The maximum atomic E-state index is 12.0. The van der Waals surface area contributed by atoms with E-state index in [-0.39, 0.29) is 11.7 Å². The maximum absolute atomic E-state index is 12.0. The summed E-state index contributed by atoms with van der Waals surface area (Å²) < 4.78 is 0. The van der Waals surface area contributed by atoms with E-state index in [0.29, 0.717) is 0 Å². The summed E-state index contributed by atoms with van der Waals surface area (Å²) >= 11 is 0. The predicted octanol–water partition coefficient (Wildman–Crippen LogP) is 3.56. The van der Waals surface area contributed by atoms with Gasteiger partial charge in [-0.2, -0.15) is 0 Å². The van der Waals surface area contributed by atoms with E-state index in [1.54, 1.807) is 6.08 Å². The van der Waals surface area contributed by atoms with Gasteiger partial charge in [0.05, 0.1) is 0 Å². The van der Waals surface area contributed by atoms with Crippen molar-refractivity contribution in [3.63, 3.8) is 0 Å². The van der Waals surface area contributed by atoms with E-state index >= 15 is 0 Å². The molecule has 0 aromatic heterocycles. The molecular formula is C17H25NO. The molecule has 0 aliphatic rings. The van der Waals surface area contributed by atoms with Crippen LogP contribution in [0, 0.1) is 12.8 Å². The minimum Gasteiger partial charge on any atom is -0.303 e. The molecule has 1 aromatic rings. The average Bonchev–Trinajstić information content (AvgIpc) is 2.43. The normalized spacial score (nSPS) is 13.1. The molecule has 0 fully saturated rings. The Morgan fingerprint density at radius 2 is 1.79 bits per heavy atom. The van der Waals surface area contributed by atoms with Crippen molar-refractivity contribution in [2.45, 2.75) is 27.7 Å². The predicted molar refractivity (Wildman–Crippen MR) is 82.2 cm³/mol. The molecule has 0 unspecified atom stereocenters. The Kier molecular flexibility index (Phi) is 6.51. The van der Waals surface area contributed by atoms with Gasteiger partial charge in [-0.1, -0.05) is 56.7 Å². The van der Waals surface area contributed by atoms with Crippen LogP contribution in [0.5, 0.6) is 0 Å². The van der Waals surface area contributed by atoms with Crippen molar-refractivity contribution < 1.29 is 4.79 Å². The number of aryl methyl sites for hydroxylation is 1. The fourth-order valence-electron chi connectivity index (χ4n) is 1.98. The van der Waals surface area contributed by atoms with Crippen molar-refractivity contribution >= 4 is 11.9 Å². The van der Waals surface area contributed by atoms with Crippen molar-refractivity contribution in [1.82, 2.24) is 4.90 Å². The Labute approximate surface area is 117 Å². The standard InChI is InChI=1S/C17H25NO/c1-5-18(6-2)13-15(4)17(19)12-11-16-9-7-14(3)8-10-16/h7-12,15H,5-6,13H2,1-4H3/b12-11-/t15-/m1/s1. The first-order valence-electron chi connectivity index (χ1n) is 7.07. The van der Waals surface area contributed by atoms with E-state index in [0.717, 1.165) is 25.2 Å². The Balaban J connectivity index is 2.56. The van der Waals surface area contributed by atoms with Crippen LogP contribution in [0.4, 0.5) is 0 Å². The lowest BCUT2D eigenvalue weighted by molar-refractivity contribution is -0.118. The van der Waals surface area contributed by atoms with Crippen LogP contribution < -0.4 is 0 Å². The van der Waals surface area contributed by atoms with Gasteiger partial charge in [0.15, 0.2) is 5.78 Å². The zero-order chi connectivity index (χ0) is 14.3. The molecule has 0 aliphatic carbocycles. The van der Waals surface area contributed by atoms with E-state index in [1.165, 1.54) is 5.56 Å². The van der Waals surface area contributed by atoms with Crippen molar-refractivity contribution in [3.05, 3.63) is 41.5 Å². The van der Waals surface area contributed by atoms with Crippen molar-refractivity contribution in [2.75, 3.05) is 19.6 Å². The largest absolute Gasteiger partial charge is 0.303 e.